The van der Waals surface area contributed by atoms with Crippen LogP contribution < -0.4 is 10.6 Å². The summed E-state index contributed by atoms with van der Waals surface area (Å²) in [6, 6.07) is 5.94. The third-order valence-corrected chi connectivity index (χ3v) is 4.21. The first kappa shape index (κ1) is 11.6. The Bertz CT molecular complexity index is 479. The third kappa shape index (κ3) is 1.98. The normalized spacial score (nSPS) is 20.4. The fourth-order valence-electron chi connectivity index (χ4n) is 2.86. The van der Waals surface area contributed by atoms with Crippen LogP contribution in [0.3, 0.4) is 0 Å². The Morgan fingerprint density at radius 1 is 1.44 bits per heavy atom. The Labute approximate surface area is 108 Å². The molecule has 1 aromatic carbocycles. The van der Waals surface area contributed by atoms with Gasteiger partial charge < -0.3 is 10.6 Å². The minimum absolute atomic E-state index is 0.164. The van der Waals surface area contributed by atoms with Crippen LogP contribution in [0.4, 0.5) is 11.4 Å². The fourth-order valence-corrected chi connectivity index (χ4v) is 2.86. The van der Waals surface area contributed by atoms with Gasteiger partial charge in [0, 0.05) is 23.8 Å². The van der Waals surface area contributed by atoms with Gasteiger partial charge in [0.1, 0.15) is 0 Å². The summed E-state index contributed by atoms with van der Waals surface area (Å²) in [4.78, 5) is 14.5. The van der Waals surface area contributed by atoms with Gasteiger partial charge in [-0.15, -0.1) is 0 Å². The number of nitrogens with zero attached hydrogens (tertiary/aromatic N) is 1. The number of rotatable bonds is 2. The van der Waals surface area contributed by atoms with E-state index >= 15 is 0 Å². The van der Waals surface area contributed by atoms with E-state index in [0.29, 0.717) is 5.92 Å². The monoisotopic (exact) mass is 244 g/mol. The summed E-state index contributed by atoms with van der Waals surface area (Å²) in [6.07, 6.45) is 4.53. The summed E-state index contributed by atoms with van der Waals surface area (Å²) in [6.45, 7) is 2.91. The molecule has 1 unspecified atom stereocenters. The molecule has 0 saturated heterocycles. The van der Waals surface area contributed by atoms with Gasteiger partial charge in [-0.25, -0.2) is 0 Å². The molecule has 3 heteroatoms. The van der Waals surface area contributed by atoms with Gasteiger partial charge in [-0.3, -0.25) is 4.79 Å². The topological polar surface area (TPSA) is 46.3 Å². The lowest BCUT2D eigenvalue weighted by atomic mass is 9.98. The van der Waals surface area contributed by atoms with Crippen LogP contribution in [0.5, 0.6) is 0 Å². The van der Waals surface area contributed by atoms with Crippen molar-refractivity contribution < 1.29 is 4.79 Å². The predicted octanol–water partition coefficient (Wildman–Crippen LogP) is 2.59. The molecule has 1 aliphatic carbocycles. The first-order chi connectivity index (χ1) is 8.66. The zero-order chi connectivity index (χ0) is 12.7. The van der Waals surface area contributed by atoms with Crippen molar-refractivity contribution in [1.82, 2.24) is 0 Å². The maximum Gasteiger partial charge on any atom is 0.230 e. The van der Waals surface area contributed by atoms with Gasteiger partial charge in [-0.05, 0) is 49.3 Å². The molecule has 1 amide bonds. The number of nitrogen functional groups attached to an aromatic ring is 1. The van der Waals surface area contributed by atoms with Crippen molar-refractivity contribution in [2.75, 3.05) is 17.2 Å². The summed E-state index contributed by atoms with van der Waals surface area (Å²) in [5.74, 6) is 1.06. The molecule has 1 saturated carbocycles. The number of hydrogen-bond acceptors (Lipinski definition) is 2. The summed E-state index contributed by atoms with van der Waals surface area (Å²) < 4.78 is 0. The van der Waals surface area contributed by atoms with Crippen LogP contribution in [0.15, 0.2) is 18.2 Å². The second-order valence-corrected chi connectivity index (χ2v) is 5.61. The van der Waals surface area contributed by atoms with E-state index in [0.717, 1.165) is 30.8 Å². The molecule has 1 atom stereocenters. The Hall–Kier alpha value is -1.51. The quantitative estimate of drug-likeness (QED) is 0.813. The number of nitrogens with two attached hydrogens (primary N) is 1. The van der Waals surface area contributed by atoms with Crippen molar-refractivity contribution in [3.8, 4) is 0 Å². The molecule has 96 valence electrons. The van der Waals surface area contributed by atoms with Crippen molar-refractivity contribution >= 4 is 17.3 Å². The van der Waals surface area contributed by atoms with E-state index in [-0.39, 0.29) is 11.8 Å². The Morgan fingerprint density at radius 3 is 2.94 bits per heavy atom. The highest BCUT2D eigenvalue weighted by Crippen LogP contribution is 2.39. The third-order valence-electron chi connectivity index (χ3n) is 4.21. The molecule has 2 N–H and O–H groups in total. The van der Waals surface area contributed by atoms with Crippen molar-refractivity contribution in [1.29, 1.82) is 0 Å². The maximum atomic E-state index is 12.5. The standard InChI is InChI=1S/C15H20N2O/c1-10(11-4-5-11)15(18)17-8-2-3-12-6-7-13(16)9-14(12)17/h6-7,9-11H,2-5,8,16H2,1H3. The number of benzene rings is 1. The van der Waals surface area contributed by atoms with E-state index in [4.69, 9.17) is 5.73 Å². The van der Waals surface area contributed by atoms with E-state index in [9.17, 15) is 4.79 Å². The highest BCUT2D eigenvalue weighted by Gasteiger charge is 2.36. The van der Waals surface area contributed by atoms with Crippen LogP contribution in [0, 0.1) is 11.8 Å². The van der Waals surface area contributed by atoms with E-state index in [1.54, 1.807) is 0 Å². The van der Waals surface area contributed by atoms with Gasteiger partial charge in [0.15, 0.2) is 0 Å². The molecule has 2 aliphatic rings. The van der Waals surface area contributed by atoms with Gasteiger partial charge in [0.2, 0.25) is 5.91 Å². The first-order valence-electron chi connectivity index (χ1n) is 6.86. The summed E-state index contributed by atoms with van der Waals surface area (Å²) in [5, 5.41) is 0. The molecule has 1 aliphatic heterocycles. The summed E-state index contributed by atoms with van der Waals surface area (Å²) >= 11 is 0. The number of amides is 1. The van der Waals surface area contributed by atoms with Crippen LogP contribution in [-0.4, -0.2) is 12.5 Å². The van der Waals surface area contributed by atoms with Crippen LogP contribution >= 0.6 is 0 Å². The minimum atomic E-state index is 0.164. The average molecular weight is 244 g/mol. The molecule has 0 aromatic heterocycles. The summed E-state index contributed by atoms with van der Waals surface area (Å²) in [7, 11) is 0. The molecule has 1 aromatic rings. The van der Waals surface area contributed by atoms with Gasteiger partial charge in [0.25, 0.3) is 0 Å². The number of carbonyl (C=O) groups is 1. The smallest absolute Gasteiger partial charge is 0.230 e. The van der Waals surface area contributed by atoms with Crippen molar-refractivity contribution in [3.63, 3.8) is 0 Å². The van der Waals surface area contributed by atoms with E-state index < -0.39 is 0 Å². The molecule has 3 rings (SSSR count). The lowest BCUT2D eigenvalue weighted by molar-refractivity contribution is -0.122. The van der Waals surface area contributed by atoms with Crippen LogP contribution in [0.25, 0.3) is 0 Å². The summed E-state index contributed by atoms with van der Waals surface area (Å²) in [5.41, 5.74) is 8.89. The van der Waals surface area contributed by atoms with Crippen LogP contribution in [0.1, 0.15) is 31.7 Å². The number of hydrogen-bond donors (Lipinski definition) is 1. The van der Waals surface area contributed by atoms with Crippen LogP contribution in [-0.2, 0) is 11.2 Å². The second kappa shape index (κ2) is 4.30. The largest absolute Gasteiger partial charge is 0.399 e. The number of fused-ring (bicyclic) bond motifs is 1. The van der Waals surface area contributed by atoms with Gasteiger partial charge in [0.05, 0.1) is 0 Å². The maximum absolute atomic E-state index is 12.5. The van der Waals surface area contributed by atoms with Crippen LogP contribution in [0.2, 0.25) is 0 Å². The highest BCUT2D eigenvalue weighted by molar-refractivity contribution is 5.96. The van der Waals surface area contributed by atoms with Gasteiger partial charge >= 0.3 is 0 Å². The number of carbonyl (C=O) groups excluding carboxylic acids is 1. The molecule has 0 bridgehead atoms. The molecule has 3 nitrogen and oxygen atoms in total. The first-order valence-corrected chi connectivity index (χ1v) is 6.86. The Morgan fingerprint density at radius 2 is 2.22 bits per heavy atom. The molecule has 1 heterocycles. The van der Waals surface area contributed by atoms with E-state index in [1.165, 1.54) is 18.4 Å². The van der Waals surface area contributed by atoms with Gasteiger partial charge in [-0.2, -0.15) is 0 Å². The second-order valence-electron chi connectivity index (χ2n) is 5.61. The van der Waals surface area contributed by atoms with Crippen molar-refractivity contribution in [2.45, 2.75) is 32.6 Å². The highest BCUT2D eigenvalue weighted by atomic mass is 16.2. The van der Waals surface area contributed by atoms with Crippen molar-refractivity contribution in [3.05, 3.63) is 23.8 Å². The van der Waals surface area contributed by atoms with Crippen molar-refractivity contribution in [2.24, 2.45) is 11.8 Å². The molecule has 18 heavy (non-hydrogen) atoms. The Kier molecular flexibility index (Phi) is 2.77. The minimum Gasteiger partial charge on any atom is -0.399 e. The zero-order valence-electron chi connectivity index (χ0n) is 10.9. The van der Waals surface area contributed by atoms with Gasteiger partial charge in [-0.1, -0.05) is 13.0 Å². The van der Waals surface area contributed by atoms with E-state index in [2.05, 4.69) is 13.0 Å². The number of anilines is 2. The molecule has 0 radical (unpaired) electrons. The zero-order valence-corrected chi connectivity index (χ0v) is 10.9. The molecule has 0 spiro atoms. The number of aryl methyl sites for hydroxylation is 1. The Balaban J connectivity index is 1.90. The predicted molar refractivity (Wildman–Crippen MR) is 73.4 cm³/mol. The lowest BCUT2D eigenvalue weighted by Crippen LogP contribution is -2.39. The lowest BCUT2D eigenvalue weighted by Gasteiger charge is -2.31. The average Bonchev–Trinajstić information content (AvgIpc) is 3.20. The van der Waals surface area contributed by atoms with E-state index in [1.807, 2.05) is 17.0 Å². The molecular formula is C15H20N2O. The molecular weight excluding hydrogens is 224 g/mol. The SMILES string of the molecule is CC(C(=O)N1CCCc2ccc(N)cc21)C1CC1. The fraction of sp³-hybridized carbons (Fsp3) is 0.533. The molecule has 1 fully saturated rings.